The van der Waals surface area contributed by atoms with Crippen LogP contribution < -0.4 is 4.90 Å². The number of pyridine rings is 1. The third kappa shape index (κ3) is 2.31. The number of aromatic nitrogens is 1. The van der Waals surface area contributed by atoms with E-state index >= 15 is 0 Å². The van der Waals surface area contributed by atoms with Crippen LogP contribution in [0, 0.1) is 17.2 Å². The minimum Gasteiger partial charge on any atom is -0.352 e. The summed E-state index contributed by atoms with van der Waals surface area (Å²) in [6.45, 7) is 3.36. The van der Waals surface area contributed by atoms with Gasteiger partial charge in [0.25, 0.3) is 0 Å². The van der Waals surface area contributed by atoms with E-state index in [-0.39, 0.29) is 0 Å². The van der Waals surface area contributed by atoms with Crippen LogP contribution in [0.3, 0.4) is 0 Å². The second kappa shape index (κ2) is 5.18. The molecule has 3 rings (SSSR count). The molecule has 0 radical (unpaired) electrons. The Morgan fingerprint density at radius 2 is 2.26 bits per heavy atom. The van der Waals surface area contributed by atoms with E-state index in [4.69, 9.17) is 0 Å². The first-order chi connectivity index (χ1) is 9.29. The number of rotatable bonds is 1. The first-order valence-corrected chi connectivity index (χ1v) is 7.10. The van der Waals surface area contributed by atoms with E-state index in [0.29, 0.717) is 11.6 Å². The summed E-state index contributed by atoms with van der Waals surface area (Å²) in [6.07, 6.45) is 5.49. The summed E-state index contributed by atoms with van der Waals surface area (Å²) < 4.78 is 0. The molecule has 0 spiro atoms. The summed E-state index contributed by atoms with van der Waals surface area (Å²) in [4.78, 5) is 9.29. The molecule has 19 heavy (non-hydrogen) atoms. The Morgan fingerprint density at radius 3 is 3.11 bits per heavy atom. The summed E-state index contributed by atoms with van der Waals surface area (Å²) in [7, 11) is 2.21. The van der Waals surface area contributed by atoms with Gasteiger partial charge >= 0.3 is 0 Å². The summed E-state index contributed by atoms with van der Waals surface area (Å²) in [5.74, 6) is 1.62. The molecular weight excluding hydrogens is 236 g/mol. The van der Waals surface area contributed by atoms with Crippen LogP contribution in [0.25, 0.3) is 0 Å². The number of likely N-dealkylation sites (tertiary alicyclic amines) is 1. The van der Waals surface area contributed by atoms with Gasteiger partial charge in [-0.25, -0.2) is 4.98 Å². The number of hydrogen-bond donors (Lipinski definition) is 0. The van der Waals surface area contributed by atoms with Crippen molar-refractivity contribution in [3.8, 4) is 6.07 Å². The summed E-state index contributed by atoms with van der Waals surface area (Å²) in [5.41, 5.74) is 0.710. The van der Waals surface area contributed by atoms with Gasteiger partial charge in [0.05, 0.1) is 5.56 Å². The van der Waals surface area contributed by atoms with E-state index < -0.39 is 0 Å². The van der Waals surface area contributed by atoms with E-state index in [0.717, 1.165) is 24.8 Å². The number of piperidine rings is 2. The smallest absolute Gasteiger partial charge is 0.146 e. The Balaban J connectivity index is 1.89. The van der Waals surface area contributed by atoms with Crippen molar-refractivity contribution in [2.75, 3.05) is 31.6 Å². The van der Waals surface area contributed by atoms with Crippen molar-refractivity contribution in [1.82, 2.24) is 9.88 Å². The molecule has 2 saturated heterocycles. The molecule has 0 aliphatic carbocycles. The van der Waals surface area contributed by atoms with Gasteiger partial charge in [-0.2, -0.15) is 5.26 Å². The largest absolute Gasteiger partial charge is 0.352 e. The maximum absolute atomic E-state index is 9.26. The number of fused-ring (bicyclic) bond motifs is 1. The summed E-state index contributed by atoms with van der Waals surface area (Å²) in [6, 6.07) is 6.57. The van der Waals surface area contributed by atoms with E-state index in [2.05, 4.69) is 27.9 Å². The molecule has 3 heterocycles. The lowest BCUT2D eigenvalue weighted by Crippen LogP contribution is -2.53. The van der Waals surface area contributed by atoms with Gasteiger partial charge in [-0.05, 0) is 50.9 Å². The maximum Gasteiger partial charge on any atom is 0.146 e. The molecule has 2 fully saturated rings. The van der Waals surface area contributed by atoms with Crippen LogP contribution in [-0.2, 0) is 0 Å². The molecule has 1 aromatic rings. The van der Waals surface area contributed by atoms with Crippen LogP contribution in [0.4, 0.5) is 5.82 Å². The fourth-order valence-corrected chi connectivity index (χ4v) is 3.56. The second-order valence-corrected chi connectivity index (χ2v) is 5.70. The number of anilines is 1. The standard InChI is InChI=1S/C15H20N4/c1-18-9-6-14-13(11-18)5-3-8-19(14)15-12(10-16)4-2-7-17-15/h2,4,7,13-14H,3,5-6,8-9,11H2,1H3. The molecular formula is C15H20N4. The van der Waals surface area contributed by atoms with Gasteiger partial charge in [-0.15, -0.1) is 0 Å². The highest BCUT2D eigenvalue weighted by atomic mass is 15.2. The lowest BCUT2D eigenvalue weighted by Gasteiger charge is -2.47. The Kier molecular flexibility index (Phi) is 3.39. The Hall–Kier alpha value is -1.60. The van der Waals surface area contributed by atoms with Crippen molar-refractivity contribution in [3.05, 3.63) is 23.9 Å². The Labute approximate surface area is 114 Å². The van der Waals surface area contributed by atoms with Crippen LogP contribution in [-0.4, -0.2) is 42.6 Å². The molecule has 1 aromatic heterocycles. The Morgan fingerprint density at radius 1 is 1.37 bits per heavy atom. The third-order valence-corrected chi connectivity index (χ3v) is 4.45. The number of hydrogen-bond acceptors (Lipinski definition) is 4. The van der Waals surface area contributed by atoms with Gasteiger partial charge in [-0.3, -0.25) is 0 Å². The monoisotopic (exact) mass is 256 g/mol. The molecule has 0 bridgehead atoms. The van der Waals surface area contributed by atoms with Gasteiger partial charge < -0.3 is 9.80 Å². The van der Waals surface area contributed by atoms with Gasteiger partial charge in [-0.1, -0.05) is 0 Å². The van der Waals surface area contributed by atoms with Crippen molar-refractivity contribution >= 4 is 5.82 Å². The quantitative estimate of drug-likeness (QED) is 0.769. The first-order valence-electron chi connectivity index (χ1n) is 7.10. The van der Waals surface area contributed by atoms with Gasteiger partial charge in [0.15, 0.2) is 0 Å². The van der Waals surface area contributed by atoms with Crippen molar-refractivity contribution in [2.24, 2.45) is 5.92 Å². The van der Waals surface area contributed by atoms with Gasteiger partial charge in [0, 0.05) is 25.3 Å². The van der Waals surface area contributed by atoms with Crippen LogP contribution >= 0.6 is 0 Å². The van der Waals surface area contributed by atoms with Crippen molar-refractivity contribution < 1.29 is 0 Å². The van der Waals surface area contributed by atoms with E-state index in [1.54, 1.807) is 6.20 Å². The highest BCUT2D eigenvalue weighted by Crippen LogP contribution is 2.33. The average molecular weight is 256 g/mol. The zero-order valence-electron chi connectivity index (χ0n) is 11.4. The van der Waals surface area contributed by atoms with Crippen molar-refractivity contribution in [1.29, 1.82) is 5.26 Å². The van der Waals surface area contributed by atoms with E-state index in [1.165, 1.54) is 25.8 Å². The highest BCUT2D eigenvalue weighted by molar-refractivity contribution is 5.54. The molecule has 4 heteroatoms. The second-order valence-electron chi connectivity index (χ2n) is 5.70. The SMILES string of the molecule is CN1CCC2C(CCCN2c2ncccc2C#N)C1. The van der Waals surface area contributed by atoms with Crippen LogP contribution in [0.5, 0.6) is 0 Å². The minimum absolute atomic E-state index is 0.562. The highest BCUT2D eigenvalue weighted by Gasteiger charge is 2.36. The predicted molar refractivity (Wildman–Crippen MR) is 74.9 cm³/mol. The molecule has 2 unspecified atom stereocenters. The molecule has 100 valence electrons. The molecule has 0 amide bonds. The molecule has 0 N–H and O–H groups in total. The number of nitriles is 1. The van der Waals surface area contributed by atoms with Crippen LogP contribution in [0.15, 0.2) is 18.3 Å². The predicted octanol–water partition coefficient (Wildman–Crippen LogP) is 1.87. The fraction of sp³-hybridized carbons (Fsp3) is 0.600. The van der Waals surface area contributed by atoms with Crippen molar-refractivity contribution in [2.45, 2.75) is 25.3 Å². The Bertz CT molecular complexity index is 493. The first kappa shape index (κ1) is 12.4. The summed E-state index contributed by atoms with van der Waals surface area (Å²) in [5, 5.41) is 9.26. The lowest BCUT2D eigenvalue weighted by molar-refractivity contribution is 0.154. The molecule has 2 atom stereocenters. The molecule has 4 nitrogen and oxygen atoms in total. The fourth-order valence-electron chi connectivity index (χ4n) is 3.56. The van der Waals surface area contributed by atoms with Gasteiger partial charge in [0.2, 0.25) is 0 Å². The van der Waals surface area contributed by atoms with Crippen LogP contribution in [0.2, 0.25) is 0 Å². The zero-order valence-corrected chi connectivity index (χ0v) is 11.4. The van der Waals surface area contributed by atoms with Gasteiger partial charge in [0.1, 0.15) is 11.9 Å². The van der Waals surface area contributed by atoms with Crippen LogP contribution in [0.1, 0.15) is 24.8 Å². The minimum atomic E-state index is 0.562. The lowest BCUT2D eigenvalue weighted by atomic mass is 9.84. The zero-order chi connectivity index (χ0) is 13.2. The number of nitrogens with zero attached hydrogens (tertiary/aromatic N) is 4. The average Bonchev–Trinajstić information content (AvgIpc) is 2.46. The molecule has 2 aliphatic heterocycles. The normalized spacial score (nSPS) is 27.7. The van der Waals surface area contributed by atoms with E-state index in [1.807, 2.05) is 12.1 Å². The van der Waals surface area contributed by atoms with Crippen molar-refractivity contribution in [3.63, 3.8) is 0 Å². The summed E-state index contributed by atoms with van der Waals surface area (Å²) >= 11 is 0. The van der Waals surface area contributed by atoms with E-state index in [9.17, 15) is 5.26 Å². The third-order valence-electron chi connectivity index (χ3n) is 4.45. The topological polar surface area (TPSA) is 43.2 Å². The molecule has 0 aromatic carbocycles. The molecule has 2 aliphatic rings. The molecule has 0 saturated carbocycles. The maximum atomic E-state index is 9.26.